The molecule has 0 unspecified atom stereocenters. The van der Waals surface area contributed by atoms with Crippen molar-refractivity contribution in [1.82, 2.24) is 0 Å². The second kappa shape index (κ2) is 3.00. The minimum atomic E-state index is -1.41. The van der Waals surface area contributed by atoms with Crippen molar-refractivity contribution in [2.45, 2.75) is 12.2 Å². The van der Waals surface area contributed by atoms with Gasteiger partial charge < -0.3 is 10.2 Å². The standard InChI is InChI=1S/C6H5BrF2O2/c7-4-5(9)2(8)1-3(10)6(4)11/h1,3,6,10-11H/t3-,6-/m0/s1. The molecule has 0 heterocycles. The Hall–Kier alpha value is -0.260. The lowest BCUT2D eigenvalue weighted by atomic mass is 10.1. The third kappa shape index (κ3) is 1.50. The maximum absolute atomic E-state index is 12.5. The first-order chi connectivity index (χ1) is 5.04. The summed E-state index contributed by atoms with van der Waals surface area (Å²) >= 11 is 2.61. The Morgan fingerprint density at radius 3 is 2.45 bits per heavy atom. The Bertz CT molecular complexity index is 237. The molecule has 5 heteroatoms. The normalized spacial score (nSPS) is 32.3. The molecule has 0 saturated carbocycles. The van der Waals surface area contributed by atoms with Gasteiger partial charge in [-0.2, -0.15) is 0 Å². The van der Waals surface area contributed by atoms with E-state index in [1.54, 1.807) is 0 Å². The molecule has 0 saturated heterocycles. The van der Waals surface area contributed by atoms with Gasteiger partial charge in [-0.3, -0.25) is 0 Å². The fourth-order valence-electron chi connectivity index (χ4n) is 0.708. The molecule has 11 heavy (non-hydrogen) atoms. The van der Waals surface area contributed by atoms with Crippen molar-refractivity contribution in [3.8, 4) is 0 Å². The van der Waals surface area contributed by atoms with E-state index in [-0.39, 0.29) is 4.48 Å². The lowest BCUT2D eigenvalue weighted by molar-refractivity contribution is 0.0727. The van der Waals surface area contributed by atoms with Crippen molar-refractivity contribution in [3.63, 3.8) is 0 Å². The number of rotatable bonds is 0. The van der Waals surface area contributed by atoms with Gasteiger partial charge in [0.05, 0.1) is 4.48 Å². The maximum Gasteiger partial charge on any atom is 0.171 e. The van der Waals surface area contributed by atoms with Crippen LogP contribution in [0.2, 0.25) is 0 Å². The topological polar surface area (TPSA) is 40.5 Å². The second-order valence-corrected chi connectivity index (χ2v) is 2.97. The summed E-state index contributed by atoms with van der Waals surface area (Å²) in [5, 5.41) is 17.8. The summed E-state index contributed by atoms with van der Waals surface area (Å²) in [6, 6.07) is 0. The second-order valence-electron chi connectivity index (χ2n) is 2.11. The molecule has 0 aromatic heterocycles. The SMILES string of the molecule is O[C@@H]1C(Br)=C(F)C(F)=C[C@@H]1O. The molecule has 0 aromatic rings. The van der Waals surface area contributed by atoms with Crippen LogP contribution < -0.4 is 0 Å². The molecule has 1 rings (SSSR count). The average Bonchev–Trinajstić information content (AvgIpc) is 1.97. The first-order valence-corrected chi connectivity index (χ1v) is 3.62. The van der Waals surface area contributed by atoms with Gasteiger partial charge in [0, 0.05) is 0 Å². The maximum atomic E-state index is 12.5. The minimum absolute atomic E-state index is 0.356. The van der Waals surface area contributed by atoms with Gasteiger partial charge in [0.15, 0.2) is 11.7 Å². The highest BCUT2D eigenvalue weighted by Gasteiger charge is 2.28. The molecule has 0 radical (unpaired) electrons. The highest BCUT2D eigenvalue weighted by Crippen LogP contribution is 2.31. The summed E-state index contributed by atoms with van der Waals surface area (Å²) in [6.45, 7) is 0. The third-order valence-electron chi connectivity index (χ3n) is 1.32. The Morgan fingerprint density at radius 2 is 1.91 bits per heavy atom. The van der Waals surface area contributed by atoms with E-state index in [4.69, 9.17) is 10.2 Å². The number of aliphatic hydroxyl groups excluding tert-OH is 2. The van der Waals surface area contributed by atoms with Crippen LogP contribution in [0.25, 0.3) is 0 Å². The predicted molar refractivity (Wildman–Crippen MR) is 38.3 cm³/mol. The smallest absolute Gasteiger partial charge is 0.171 e. The summed E-state index contributed by atoms with van der Waals surface area (Å²) in [5.74, 6) is -2.32. The van der Waals surface area contributed by atoms with Gasteiger partial charge in [-0.05, 0) is 22.0 Å². The molecule has 0 aliphatic heterocycles. The van der Waals surface area contributed by atoms with Crippen LogP contribution in [-0.2, 0) is 0 Å². The van der Waals surface area contributed by atoms with Crippen LogP contribution in [0.3, 0.4) is 0 Å². The Balaban J connectivity index is 3.02. The molecule has 2 nitrogen and oxygen atoms in total. The summed E-state index contributed by atoms with van der Waals surface area (Å²) in [5.41, 5.74) is 0. The van der Waals surface area contributed by atoms with Crippen LogP contribution in [0.5, 0.6) is 0 Å². The number of hydrogen-bond donors (Lipinski definition) is 2. The van der Waals surface area contributed by atoms with E-state index < -0.39 is 23.9 Å². The number of allylic oxidation sites excluding steroid dienone is 2. The molecule has 2 atom stereocenters. The van der Waals surface area contributed by atoms with Crippen LogP contribution >= 0.6 is 15.9 Å². The van der Waals surface area contributed by atoms with Gasteiger partial charge in [-0.15, -0.1) is 0 Å². The molecule has 0 spiro atoms. The summed E-state index contributed by atoms with van der Waals surface area (Å²) in [4.78, 5) is 0. The molecule has 1 aliphatic carbocycles. The van der Waals surface area contributed by atoms with Crippen molar-refractivity contribution < 1.29 is 19.0 Å². The molecule has 0 aromatic carbocycles. The lowest BCUT2D eigenvalue weighted by Gasteiger charge is -2.18. The molecule has 0 amide bonds. The Kier molecular flexibility index (Phi) is 2.41. The van der Waals surface area contributed by atoms with Gasteiger partial charge in [0.2, 0.25) is 0 Å². The molecule has 62 valence electrons. The zero-order chi connectivity index (χ0) is 8.59. The minimum Gasteiger partial charge on any atom is -0.386 e. The van der Waals surface area contributed by atoms with E-state index in [1.807, 2.05) is 0 Å². The molecule has 0 fully saturated rings. The lowest BCUT2D eigenvalue weighted by Crippen LogP contribution is -2.27. The molecule has 1 aliphatic rings. The van der Waals surface area contributed by atoms with Crippen LogP contribution in [0, 0.1) is 0 Å². The van der Waals surface area contributed by atoms with E-state index >= 15 is 0 Å². The van der Waals surface area contributed by atoms with E-state index in [0.717, 1.165) is 0 Å². The number of aliphatic hydroxyl groups is 2. The fraction of sp³-hybridized carbons (Fsp3) is 0.333. The largest absolute Gasteiger partial charge is 0.386 e. The Morgan fingerprint density at radius 1 is 1.36 bits per heavy atom. The number of hydrogen-bond acceptors (Lipinski definition) is 2. The highest BCUT2D eigenvalue weighted by atomic mass is 79.9. The quantitative estimate of drug-likeness (QED) is 0.651. The zero-order valence-electron chi connectivity index (χ0n) is 5.26. The van der Waals surface area contributed by atoms with E-state index in [9.17, 15) is 8.78 Å². The number of halogens is 3. The molecular weight excluding hydrogens is 222 g/mol. The molecule has 0 bridgehead atoms. The fourth-order valence-corrected chi connectivity index (χ4v) is 1.17. The summed E-state index contributed by atoms with van der Waals surface area (Å²) in [6.07, 6.45) is -2.18. The van der Waals surface area contributed by atoms with Crippen LogP contribution in [0.15, 0.2) is 22.2 Å². The van der Waals surface area contributed by atoms with E-state index in [0.29, 0.717) is 6.08 Å². The first kappa shape index (κ1) is 8.83. The van der Waals surface area contributed by atoms with Crippen LogP contribution in [-0.4, -0.2) is 22.4 Å². The summed E-state index contributed by atoms with van der Waals surface area (Å²) in [7, 11) is 0. The molecule has 2 N–H and O–H groups in total. The van der Waals surface area contributed by atoms with Gasteiger partial charge >= 0.3 is 0 Å². The van der Waals surface area contributed by atoms with Gasteiger partial charge in [0.25, 0.3) is 0 Å². The molecular formula is C6H5BrF2O2. The summed E-state index contributed by atoms with van der Waals surface area (Å²) < 4.78 is 24.5. The van der Waals surface area contributed by atoms with Crippen molar-refractivity contribution in [2.24, 2.45) is 0 Å². The van der Waals surface area contributed by atoms with Crippen LogP contribution in [0.4, 0.5) is 8.78 Å². The predicted octanol–water partition coefficient (Wildman–Crippen LogP) is 1.15. The van der Waals surface area contributed by atoms with Crippen molar-refractivity contribution in [2.75, 3.05) is 0 Å². The van der Waals surface area contributed by atoms with Crippen LogP contribution in [0.1, 0.15) is 0 Å². The van der Waals surface area contributed by atoms with Gasteiger partial charge in [-0.1, -0.05) is 0 Å². The first-order valence-electron chi connectivity index (χ1n) is 2.83. The van der Waals surface area contributed by atoms with Gasteiger partial charge in [0.1, 0.15) is 12.2 Å². The van der Waals surface area contributed by atoms with E-state index in [2.05, 4.69) is 15.9 Å². The third-order valence-corrected chi connectivity index (χ3v) is 2.14. The Labute approximate surface area is 70.0 Å². The van der Waals surface area contributed by atoms with Gasteiger partial charge in [-0.25, -0.2) is 8.78 Å². The zero-order valence-corrected chi connectivity index (χ0v) is 6.85. The van der Waals surface area contributed by atoms with Crippen molar-refractivity contribution >= 4 is 15.9 Å². The van der Waals surface area contributed by atoms with E-state index in [1.165, 1.54) is 0 Å². The average molecular weight is 227 g/mol. The van der Waals surface area contributed by atoms with Crippen molar-refractivity contribution in [1.29, 1.82) is 0 Å². The highest BCUT2D eigenvalue weighted by molar-refractivity contribution is 9.11. The monoisotopic (exact) mass is 226 g/mol. The van der Waals surface area contributed by atoms with Crippen molar-refractivity contribution in [3.05, 3.63) is 22.2 Å².